The first-order valence-corrected chi connectivity index (χ1v) is 7.25. The SMILES string of the molecule is CCCC1CC(CN)(N(C)Cc2ccco2)CCO1. The number of rotatable bonds is 6. The van der Waals surface area contributed by atoms with Gasteiger partial charge in [0.2, 0.25) is 0 Å². The molecule has 4 heteroatoms. The second-order valence-electron chi connectivity index (χ2n) is 5.60. The molecular formula is C15H26N2O2. The third-order valence-corrected chi connectivity index (χ3v) is 4.30. The van der Waals surface area contributed by atoms with Crippen molar-refractivity contribution in [1.82, 2.24) is 4.90 Å². The van der Waals surface area contributed by atoms with Crippen LogP contribution in [0.2, 0.25) is 0 Å². The fourth-order valence-electron chi connectivity index (χ4n) is 3.00. The lowest BCUT2D eigenvalue weighted by atomic mass is 9.84. The van der Waals surface area contributed by atoms with Crippen LogP contribution in [0.1, 0.15) is 38.4 Å². The molecule has 0 bridgehead atoms. The molecule has 1 aliphatic rings. The number of hydrogen-bond donors (Lipinski definition) is 1. The molecule has 2 heterocycles. The maximum atomic E-state index is 6.10. The van der Waals surface area contributed by atoms with Gasteiger partial charge in [-0.3, -0.25) is 4.90 Å². The second kappa shape index (κ2) is 6.55. The van der Waals surface area contributed by atoms with Gasteiger partial charge in [0.15, 0.2) is 0 Å². The van der Waals surface area contributed by atoms with Gasteiger partial charge in [-0.2, -0.15) is 0 Å². The lowest BCUT2D eigenvalue weighted by molar-refractivity contribution is -0.0703. The highest BCUT2D eigenvalue weighted by atomic mass is 16.5. The molecule has 1 saturated heterocycles. The Morgan fingerprint density at radius 2 is 2.37 bits per heavy atom. The third-order valence-electron chi connectivity index (χ3n) is 4.30. The van der Waals surface area contributed by atoms with Crippen LogP contribution in [0.25, 0.3) is 0 Å². The molecule has 0 aliphatic carbocycles. The van der Waals surface area contributed by atoms with Crippen molar-refractivity contribution in [3.63, 3.8) is 0 Å². The topological polar surface area (TPSA) is 51.6 Å². The van der Waals surface area contributed by atoms with Crippen molar-refractivity contribution in [3.8, 4) is 0 Å². The van der Waals surface area contributed by atoms with Crippen molar-refractivity contribution < 1.29 is 9.15 Å². The summed E-state index contributed by atoms with van der Waals surface area (Å²) in [5.41, 5.74) is 6.15. The minimum atomic E-state index is 0.0465. The second-order valence-corrected chi connectivity index (χ2v) is 5.60. The molecule has 2 N–H and O–H groups in total. The molecule has 2 unspecified atom stereocenters. The molecule has 4 nitrogen and oxygen atoms in total. The Labute approximate surface area is 115 Å². The van der Waals surface area contributed by atoms with Gasteiger partial charge < -0.3 is 14.9 Å². The lowest BCUT2D eigenvalue weighted by Gasteiger charge is -2.46. The number of ether oxygens (including phenoxy) is 1. The van der Waals surface area contributed by atoms with E-state index in [1.165, 1.54) is 0 Å². The Bertz CT molecular complexity index is 364. The summed E-state index contributed by atoms with van der Waals surface area (Å²) in [4.78, 5) is 2.34. The van der Waals surface area contributed by atoms with Gasteiger partial charge in [-0.05, 0) is 38.4 Å². The zero-order valence-corrected chi connectivity index (χ0v) is 12.1. The Morgan fingerprint density at radius 3 is 3.00 bits per heavy atom. The van der Waals surface area contributed by atoms with Crippen molar-refractivity contribution >= 4 is 0 Å². The number of nitrogens with two attached hydrogens (primary N) is 1. The van der Waals surface area contributed by atoms with Crippen molar-refractivity contribution in [2.75, 3.05) is 20.2 Å². The van der Waals surface area contributed by atoms with Gasteiger partial charge in [0, 0.05) is 18.7 Å². The van der Waals surface area contributed by atoms with E-state index in [0.717, 1.165) is 44.6 Å². The summed E-state index contributed by atoms with van der Waals surface area (Å²) in [6, 6.07) is 3.95. The normalized spacial score (nSPS) is 27.9. The van der Waals surface area contributed by atoms with Crippen LogP contribution in [0.15, 0.2) is 22.8 Å². The quantitative estimate of drug-likeness (QED) is 0.859. The van der Waals surface area contributed by atoms with E-state index < -0.39 is 0 Å². The average molecular weight is 266 g/mol. The van der Waals surface area contributed by atoms with E-state index in [0.29, 0.717) is 12.6 Å². The minimum absolute atomic E-state index is 0.0465. The van der Waals surface area contributed by atoms with Gasteiger partial charge in [-0.1, -0.05) is 13.3 Å². The van der Waals surface area contributed by atoms with E-state index >= 15 is 0 Å². The van der Waals surface area contributed by atoms with Crippen LogP contribution in [0.4, 0.5) is 0 Å². The average Bonchev–Trinajstić information content (AvgIpc) is 2.92. The Balaban J connectivity index is 2.03. The Hall–Kier alpha value is -0.840. The van der Waals surface area contributed by atoms with Gasteiger partial charge in [0.25, 0.3) is 0 Å². The van der Waals surface area contributed by atoms with Crippen LogP contribution in [0.5, 0.6) is 0 Å². The van der Waals surface area contributed by atoms with Crippen molar-refractivity contribution in [2.45, 2.75) is 50.8 Å². The van der Waals surface area contributed by atoms with E-state index in [2.05, 4.69) is 18.9 Å². The van der Waals surface area contributed by atoms with Crippen LogP contribution in [0.3, 0.4) is 0 Å². The maximum Gasteiger partial charge on any atom is 0.117 e. The van der Waals surface area contributed by atoms with Crippen molar-refractivity contribution in [2.24, 2.45) is 5.73 Å². The molecule has 1 aromatic rings. The first-order chi connectivity index (χ1) is 9.20. The zero-order chi connectivity index (χ0) is 13.7. The molecule has 0 aromatic carbocycles. The van der Waals surface area contributed by atoms with Gasteiger partial charge >= 0.3 is 0 Å². The maximum absolute atomic E-state index is 6.10. The van der Waals surface area contributed by atoms with Crippen LogP contribution in [0, 0.1) is 0 Å². The summed E-state index contributed by atoms with van der Waals surface area (Å²) in [5, 5.41) is 0. The molecule has 0 spiro atoms. The molecular weight excluding hydrogens is 240 g/mol. The summed E-state index contributed by atoms with van der Waals surface area (Å²) < 4.78 is 11.3. The van der Waals surface area contributed by atoms with Gasteiger partial charge in [0.05, 0.1) is 18.9 Å². The van der Waals surface area contributed by atoms with E-state index in [1.807, 2.05) is 12.1 Å². The molecule has 2 atom stereocenters. The number of nitrogens with zero attached hydrogens (tertiary/aromatic N) is 1. The van der Waals surface area contributed by atoms with Gasteiger partial charge in [0.1, 0.15) is 5.76 Å². The van der Waals surface area contributed by atoms with Gasteiger partial charge in [-0.15, -0.1) is 0 Å². The molecule has 0 amide bonds. The Morgan fingerprint density at radius 1 is 1.53 bits per heavy atom. The monoisotopic (exact) mass is 266 g/mol. The minimum Gasteiger partial charge on any atom is -0.468 e. The molecule has 0 radical (unpaired) electrons. The summed E-state index contributed by atoms with van der Waals surface area (Å²) in [6.45, 7) is 4.50. The van der Waals surface area contributed by atoms with E-state index in [1.54, 1.807) is 6.26 Å². The van der Waals surface area contributed by atoms with Gasteiger partial charge in [-0.25, -0.2) is 0 Å². The highest BCUT2D eigenvalue weighted by molar-refractivity contribution is 5.02. The van der Waals surface area contributed by atoms with E-state index in [4.69, 9.17) is 14.9 Å². The predicted octanol–water partition coefficient (Wildman–Crippen LogP) is 2.39. The summed E-state index contributed by atoms with van der Waals surface area (Å²) in [7, 11) is 2.14. The van der Waals surface area contributed by atoms with Crippen LogP contribution >= 0.6 is 0 Å². The molecule has 2 rings (SSSR count). The molecule has 19 heavy (non-hydrogen) atoms. The lowest BCUT2D eigenvalue weighted by Crippen LogP contribution is -2.56. The van der Waals surface area contributed by atoms with Crippen LogP contribution in [-0.2, 0) is 11.3 Å². The smallest absolute Gasteiger partial charge is 0.117 e. The predicted molar refractivity (Wildman–Crippen MR) is 75.8 cm³/mol. The largest absolute Gasteiger partial charge is 0.468 e. The molecule has 108 valence electrons. The summed E-state index contributed by atoms with van der Waals surface area (Å²) >= 11 is 0. The van der Waals surface area contributed by atoms with Crippen LogP contribution < -0.4 is 5.73 Å². The first-order valence-electron chi connectivity index (χ1n) is 7.25. The third kappa shape index (κ3) is 3.38. The van der Waals surface area contributed by atoms with Crippen molar-refractivity contribution in [3.05, 3.63) is 24.2 Å². The molecule has 1 aliphatic heterocycles. The van der Waals surface area contributed by atoms with Crippen LogP contribution in [-0.4, -0.2) is 36.7 Å². The Kier molecular flexibility index (Phi) is 5.02. The number of furan rings is 1. The van der Waals surface area contributed by atoms with E-state index in [9.17, 15) is 0 Å². The summed E-state index contributed by atoms with van der Waals surface area (Å²) in [5.74, 6) is 0.994. The fourth-order valence-corrected chi connectivity index (χ4v) is 3.00. The first kappa shape index (κ1) is 14.6. The summed E-state index contributed by atoms with van der Waals surface area (Å²) in [6.07, 6.45) is 6.38. The van der Waals surface area contributed by atoms with E-state index in [-0.39, 0.29) is 5.54 Å². The standard InChI is InChI=1S/C15H26N2O2/c1-3-5-13-10-15(12-16,7-9-19-13)17(2)11-14-6-4-8-18-14/h4,6,8,13H,3,5,7,9-12,16H2,1-2H3. The molecule has 1 fully saturated rings. The number of hydrogen-bond acceptors (Lipinski definition) is 4. The molecule has 0 saturated carbocycles. The fraction of sp³-hybridized carbons (Fsp3) is 0.733. The zero-order valence-electron chi connectivity index (χ0n) is 12.1. The number of likely N-dealkylation sites (N-methyl/N-ethyl adjacent to an activating group) is 1. The highest BCUT2D eigenvalue weighted by Gasteiger charge is 2.39. The van der Waals surface area contributed by atoms with Crippen molar-refractivity contribution in [1.29, 1.82) is 0 Å². The highest BCUT2D eigenvalue weighted by Crippen LogP contribution is 2.32. The molecule has 1 aromatic heterocycles.